The third-order valence-electron chi connectivity index (χ3n) is 2.87. The van der Waals surface area contributed by atoms with Crippen molar-refractivity contribution in [3.05, 3.63) is 34.9 Å². The summed E-state index contributed by atoms with van der Waals surface area (Å²) in [5, 5.41) is 4.44. The Bertz CT molecular complexity index is 333. The molecule has 1 aromatic carbocycles. The van der Waals surface area contributed by atoms with Gasteiger partial charge in [0.15, 0.2) is 0 Å². The third-order valence-corrected chi connectivity index (χ3v) is 3.11. The van der Waals surface area contributed by atoms with Gasteiger partial charge in [-0.1, -0.05) is 23.7 Å². The molecule has 0 aromatic heterocycles. The Balaban J connectivity index is 2.17. The van der Waals surface area contributed by atoms with Crippen LogP contribution in [0.1, 0.15) is 38.3 Å². The van der Waals surface area contributed by atoms with Crippen molar-refractivity contribution in [1.29, 1.82) is 0 Å². The number of benzene rings is 1. The Morgan fingerprint density at radius 1 is 1.43 bits per heavy atom. The van der Waals surface area contributed by atoms with Crippen molar-refractivity contribution in [1.82, 2.24) is 5.32 Å². The second-order valence-corrected chi connectivity index (χ2v) is 5.11. The Kier molecular flexibility index (Phi) is 2.54. The van der Waals surface area contributed by atoms with Crippen LogP contribution in [0.5, 0.6) is 0 Å². The highest BCUT2D eigenvalue weighted by atomic mass is 35.5. The number of hydrogen-bond donors (Lipinski definition) is 1. The van der Waals surface area contributed by atoms with Crippen molar-refractivity contribution in [2.24, 2.45) is 0 Å². The zero-order valence-electron chi connectivity index (χ0n) is 8.68. The highest BCUT2D eigenvalue weighted by Gasteiger charge is 2.30. The van der Waals surface area contributed by atoms with E-state index >= 15 is 0 Å². The molecule has 0 saturated carbocycles. The van der Waals surface area contributed by atoms with Crippen molar-refractivity contribution < 1.29 is 0 Å². The fraction of sp³-hybridized carbons (Fsp3) is 0.500. The quantitative estimate of drug-likeness (QED) is 0.746. The van der Waals surface area contributed by atoms with E-state index in [1.165, 1.54) is 18.4 Å². The molecule has 1 aromatic rings. The molecule has 1 aliphatic rings. The maximum Gasteiger partial charge on any atom is 0.0409 e. The van der Waals surface area contributed by atoms with Crippen molar-refractivity contribution in [2.75, 3.05) is 0 Å². The summed E-state index contributed by atoms with van der Waals surface area (Å²) < 4.78 is 0. The van der Waals surface area contributed by atoms with Gasteiger partial charge in [-0.05, 0) is 44.4 Å². The van der Waals surface area contributed by atoms with Gasteiger partial charge in [0.25, 0.3) is 0 Å². The molecule has 0 aliphatic carbocycles. The van der Waals surface area contributed by atoms with Crippen molar-refractivity contribution in [3.8, 4) is 0 Å². The lowest BCUT2D eigenvalue weighted by molar-refractivity contribution is 0.433. The van der Waals surface area contributed by atoms with E-state index in [9.17, 15) is 0 Å². The summed E-state index contributed by atoms with van der Waals surface area (Å²) in [7, 11) is 0. The Morgan fingerprint density at radius 2 is 2.21 bits per heavy atom. The number of hydrogen-bond acceptors (Lipinski definition) is 1. The van der Waals surface area contributed by atoms with Gasteiger partial charge in [0.05, 0.1) is 0 Å². The van der Waals surface area contributed by atoms with Gasteiger partial charge in [0.2, 0.25) is 0 Å². The van der Waals surface area contributed by atoms with Crippen LogP contribution in [0.15, 0.2) is 24.3 Å². The summed E-state index contributed by atoms with van der Waals surface area (Å²) in [5.41, 5.74) is 1.58. The molecule has 1 fully saturated rings. The van der Waals surface area contributed by atoms with Gasteiger partial charge in [-0.2, -0.15) is 0 Å². The largest absolute Gasteiger partial charge is 0.305 e. The first-order chi connectivity index (χ1) is 6.57. The Morgan fingerprint density at radius 3 is 2.79 bits per heavy atom. The molecule has 1 aliphatic heterocycles. The normalized spacial score (nSPS) is 25.2. The van der Waals surface area contributed by atoms with Crippen LogP contribution in [0.3, 0.4) is 0 Å². The maximum absolute atomic E-state index is 5.97. The molecule has 2 heteroatoms. The van der Waals surface area contributed by atoms with E-state index in [1.807, 2.05) is 12.1 Å². The van der Waals surface area contributed by atoms with Crippen LogP contribution >= 0.6 is 11.6 Å². The average Bonchev–Trinajstić information content (AvgIpc) is 2.46. The first-order valence-corrected chi connectivity index (χ1v) is 5.48. The Hall–Kier alpha value is -0.530. The van der Waals surface area contributed by atoms with Gasteiger partial charge in [-0.3, -0.25) is 0 Å². The number of halogens is 1. The molecule has 0 amide bonds. The molecule has 2 rings (SSSR count). The van der Waals surface area contributed by atoms with Crippen LogP contribution in [0, 0.1) is 0 Å². The van der Waals surface area contributed by atoms with E-state index < -0.39 is 0 Å². The minimum absolute atomic E-state index is 0.271. The van der Waals surface area contributed by atoms with Gasteiger partial charge < -0.3 is 5.32 Å². The van der Waals surface area contributed by atoms with Crippen LogP contribution in [0.4, 0.5) is 0 Å². The molecule has 1 saturated heterocycles. The SMILES string of the molecule is CC1(C)CCC(c2cccc(Cl)c2)N1. The fourth-order valence-corrected chi connectivity index (χ4v) is 2.29. The highest BCUT2D eigenvalue weighted by Crippen LogP contribution is 2.32. The van der Waals surface area contributed by atoms with Crippen LogP contribution < -0.4 is 5.32 Å². The van der Waals surface area contributed by atoms with Crippen molar-refractivity contribution >= 4 is 11.6 Å². The molecule has 0 spiro atoms. The number of nitrogens with one attached hydrogen (secondary N) is 1. The van der Waals surface area contributed by atoms with E-state index in [2.05, 4.69) is 31.3 Å². The summed E-state index contributed by atoms with van der Waals surface area (Å²) in [6.45, 7) is 4.50. The molecule has 1 atom stereocenters. The Labute approximate surface area is 90.5 Å². The summed E-state index contributed by atoms with van der Waals surface area (Å²) in [6, 6.07) is 8.62. The molecule has 76 valence electrons. The zero-order valence-corrected chi connectivity index (χ0v) is 9.43. The van der Waals surface area contributed by atoms with E-state index in [0.29, 0.717) is 6.04 Å². The molecule has 1 unspecified atom stereocenters. The highest BCUT2D eigenvalue weighted by molar-refractivity contribution is 6.30. The summed E-state index contributed by atoms with van der Waals surface area (Å²) in [5.74, 6) is 0. The average molecular weight is 210 g/mol. The molecule has 0 bridgehead atoms. The monoisotopic (exact) mass is 209 g/mol. The predicted molar refractivity (Wildman–Crippen MR) is 60.6 cm³/mol. The van der Waals surface area contributed by atoms with Crippen LogP contribution in [0.25, 0.3) is 0 Å². The standard InChI is InChI=1S/C12H16ClN/c1-12(2)7-6-11(14-12)9-4-3-5-10(13)8-9/h3-5,8,11,14H,6-7H2,1-2H3. The lowest BCUT2D eigenvalue weighted by atomic mass is 10.0. The molecule has 0 radical (unpaired) electrons. The molecule has 1 nitrogen and oxygen atoms in total. The summed E-state index contributed by atoms with van der Waals surface area (Å²) in [4.78, 5) is 0. The van der Waals surface area contributed by atoms with Gasteiger partial charge in [-0.15, -0.1) is 0 Å². The fourth-order valence-electron chi connectivity index (χ4n) is 2.09. The lowest BCUT2D eigenvalue weighted by Gasteiger charge is -2.20. The van der Waals surface area contributed by atoms with Gasteiger partial charge in [0.1, 0.15) is 0 Å². The molecule has 1 N–H and O–H groups in total. The molecular formula is C12H16ClN. The van der Waals surface area contributed by atoms with E-state index in [-0.39, 0.29) is 5.54 Å². The second-order valence-electron chi connectivity index (χ2n) is 4.67. The number of rotatable bonds is 1. The van der Waals surface area contributed by atoms with Crippen LogP contribution in [0.2, 0.25) is 5.02 Å². The van der Waals surface area contributed by atoms with Crippen molar-refractivity contribution in [2.45, 2.75) is 38.3 Å². The van der Waals surface area contributed by atoms with Gasteiger partial charge in [0, 0.05) is 16.6 Å². The van der Waals surface area contributed by atoms with Crippen LogP contribution in [-0.2, 0) is 0 Å². The first-order valence-electron chi connectivity index (χ1n) is 5.10. The van der Waals surface area contributed by atoms with Crippen molar-refractivity contribution in [3.63, 3.8) is 0 Å². The van der Waals surface area contributed by atoms with Crippen LogP contribution in [-0.4, -0.2) is 5.54 Å². The topological polar surface area (TPSA) is 12.0 Å². The molecule has 14 heavy (non-hydrogen) atoms. The lowest BCUT2D eigenvalue weighted by Crippen LogP contribution is -2.33. The molecule has 1 heterocycles. The van der Waals surface area contributed by atoms with E-state index in [4.69, 9.17) is 11.6 Å². The summed E-state index contributed by atoms with van der Waals surface area (Å²) >= 11 is 5.97. The molecular weight excluding hydrogens is 194 g/mol. The van der Waals surface area contributed by atoms with E-state index in [1.54, 1.807) is 0 Å². The second kappa shape index (κ2) is 3.56. The zero-order chi connectivity index (χ0) is 10.2. The minimum Gasteiger partial charge on any atom is -0.305 e. The smallest absolute Gasteiger partial charge is 0.0409 e. The predicted octanol–water partition coefficient (Wildman–Crippen LogP) is 3.54. The minimum atomic E-state index is 0.271. The van der Waals surface area contributed by atoms with Gasteiger partial charge >= 0.3 is 0 Å². The first kappa shape index (κ1) is 10.0. The summed E-state index contributed by atoms with van der Waals surface area (Å²) in [6.07, 6.45) is 2.43. The van der Waals surface area contributed by atoms with Gasteiger partial charge in [-0.25, -0.2) is 0 Å². The maximum atomic E-state index is 5.97. The van der Waals surface area contributed by atoms with E-state index in [0.717, 1.165) is 5.02 Å². The third kappa shape index (κ3) is 2.10.